The summed E-state index contributed by atoms with van der Waals surface area (Å²) in [5.41, 5.74) is 3.72. The van der Waals surface area contributed by atoms with Gasteiger partial charge in [0.15, 0.2) is 5.76 Å². The number of aromatic nitrogens is 1. The largest absolute Gasteiger partial charge is 0.485 e. The van der Waals surface area contributed by atoms with E-state index in [-0.39, 0.29) is 6.61 Å². The molecule has 1 unspecified atom stereocenters. The highest BCUT2D eigenvalue weighted by Gasteiger charge is 2.34. The lowest BCUT2D eigenvalue weighted by molar-refractivity contribution is 0.128. The van der Waals surface area contributed by atoms with E-state index in [2.05, 4.69) is 5.16 Å². The molecule has 4 aromatic rings. The molecule has 0 spiro atoms. The lowest BCUT2D eigenvalue weighted by atomic mass is 9.88. The molecule has 0 saturated carbocycles. The third-order valence-electron chi connectivity index (χ3n) is 5.93. The van der Waals surface area contributed by atoms with Gasteiger partial charge in [-0.05, 0) is 46.5 Å². The smallest absolute Gasteiger partial charge is 0.408 e. The van der Waals surface area contributed by atoms with Crippen molar-refractivity contribution >= 4 is 17.7 Å². The average molecular weight is 491 g/mol. The lowest BCUT2D eigenvalue weighted by Crippen LogP contribution is -2.39. The summed E-state index contributed by atoms with van der Waals surface area (Å²) >= 11 is 6.33. The van der Waals surface area contributed by atoms with Crippen LogP contribution in [0.4, 0.5) is 4.79 Å². The second kappa shape index (κ2) is 10.1. The van der Waals surface area contributed by atoms with Crippen LogP contribution in [0.1, 0.15) is 34.1 Å². The van der Waals surface area contributed by atoms with Gasteiger partial charge in [-0.3, -0.25) is 4.90 Å². The molecule has 1 aliphatic heterocycles. The summed E-state index contributed by atoms with van der Waals surface area (Å²) in [7, 11) is 0. The summed E-state index contributed by atoms with van der Waals surface area (Å²) in [5, 5.41) is 14.4. The summed E-state index contributed by atoms with van der Waals surface area (Å²) in [6, 6.07) is 24.0. The van der Waals surface area contributed by atoms with Crippen LogP contribution in [-0.2, 0) is 19.6 Å². The van der Waals surface area contributed by atoms with Crippen LogP contribution in [0.3, 0.4) is 0 Å². The van der Waals surface area contributed by atoms with Crippen LogP contribution in [0.15, 0.2) is 83.4 Å². The number of ether oxygens (including phenoxy) is 2. The molecule has 0 saturated heterocycles. The van der Waals surface area contributed by atoms with Crippen LogP contribution in [0.5, 0.6) is 11.6 Å². The van der Waals surface area contributed by atoms with Crippen molar-refractivity contribution in [1.29, 1.82) is 0 Å². The first-order valence-corrected chi connectivity index (χ1v) is 11.6. The van der Waals surface area contributed by atoms with Crippen LogP contribution in [-0.4, -0.2) is 27.8 Å². The van der Waals surface area contributed by atoms with E-state index in [0.29, 0.717) is 47.5 Å². The maximum atomic E-state index is 12.1. The van der Waals surface area contributed by atoms with Gasteiger partial charge in [0.25, 0.3) is 5.88 Å². The van der Waals surface area contributed by atoms with Gasteiger partial charge < -0.3 is 19.1 Å². The maximum absolute atomic E-state index is 12.1. The average Bonchev–Trinajstić information content (AvgIpc) is 3.34. The van der Waals surface area contributed by atoms with E-state index in [1.807, 2.05) is 54.6 Å². The molecular formula is C27H23ClN2O5. The zero-order valence-electron chi connectivity index (χ0n) is 18.8. The van der Waals surface area contributed by atoms with Crippen LogP contribution < -0.4 is 9.47 Å². The van der Waals surface area contributed by atoms with E-state index in [9.17, 15) is 9.90 Å². The van der Waals surface area contributed by atoms with Gasteiger partial charge in [0.05, 0.1) is 6.04 Å². The monoisotopic (exact) mass is 490 g/mol. The minimum atomic E-state index is -0.995. The molecule has 1 aromatic heterocycles. The Balaban J connectivity index is 1.36. The molecular weight excluding hydrogens is 468 g/mol. The molecule has 2 heterocycles. The minimum Gasteiger partial charge on any atom is -0.485 e. The van der Waals surface area contributed by atoms with Crippen LogP contribution in [0.25, 0.3) is 0 Å². The summed E-state index contributed by atoms with van der Waals surface area (Å²) in [5.74, 6) is 1.36. The zero-order chi connectivity index (χ0) is 24.2. The maximum Gasteiger partial charge on any atom is 0.408 e. The fourth-order valence-corrected chi connectivity index (χ4v) is 4.46. The number of carbonyl (C=O) groups is 1. The molecule has 0 fully saturated rings. The van der Waals surface area contributed by atoms with Crippen molar-refractivity contribution in [2.45, 2.75) is 25.7 Å². The number of rotatable bonds is 7. The molecule has 5 rings (SSSR count). The van der Waals surface area contributed by atoms with E-state index in [4.69, 9.17) is 25.6 Å². The second-order valence-electron chi connectivity index (χ2n) is 8.20. The number of carboxylic acid groups (broad SMARTS) is 1. The molecule has 3 aromatic carbocycles. The highest BCUT2D eigenvalue weighted by Crippen LogP contribution is 2.40. The number of hydrogen-bond donors (Lipinski definition) is 1. The Bertz CT molecular complexity index is 1320. The van der Waals surface area contributed by atoms with Crippen molar-refractivity contribution < 1.29 is 23.9 Å². The summed E-state index contributed by atoms with van der Waals surface area (Å²) < 4.78 is 17.1. The third kappa shape index (κ3) is 5.10. The van der Waals surface area contributed by atoms with Crippen molar-refractivity contribution in [3.05, 3.63) is 112 Å². The van der Waals surface area contributed by atoms with Crippen molar-refractivity contribution in [3.63, 3.8) is 0 Å². The summed E-state index contributed by atoms with van der Waals surface area (Å²) in [6.45, 7) is 0.853. The first kappa shape index (κ1) is 22.8. The molecule has 0 bridgehead atoms. The number of nitrogens with zero attached hydrogens (tertiary/aromatic N) is 2. The van der Waals surface area contributed by atoms with E-state index in [1.165, 1.54) is 4.90 Å². The first-order chi connectivity index (χ1) is 17.1. The van der Waals surface area contributed by atoms with Crippen molar-refractivity contribution in [3.8, 4) is 11.6 Å². The van der Waals surface area contributed by atoms with Gasteiger partial charge in [-0.15, -0.1) is 0 Å². The number of halogens is 1. The van der Waals surface area contributed by atoms with Gasteiger partial charge in [-0.2, -0.15) is 0 Å². The number of hydrogen-bond acceptors (Lipinski definition) is 5. The normalized spacial score (nSPS) is 14.9. The predicted octanol–water partition coefficient (Wildman–Crippen LogP) is 6.11. The van der Waals surface area contributed by atoms with Crippen LogP contribution in [0, 0.1) is 0 Å². The van der Waals surface area contributed by atoms with Gasteiger partial charge >= 0.3 is 6.09 Å². The predicted molar refractivity (Wildman–Crippen MR) is 130 cm³/mol. The Kier molecular flexibility index (Phi) is 6.59. The van der Waals surface area contributed by atoms with E-state index in [1.54, 1.807) is 24.3 Å². The topological polar surface area (TPSA) is 85.0 Å². The van der Waals surface area contributed by atoms with Crippen molar-refractivity contribution in [2.75, 3.05) is 6.54 Å². The van der Waals surface area contributed by atoms with Gasteiger partial charge in [0, 0.05) is 23.2 Å². The fraction of sp³-hybridized carbons (Fsp3) is 0.185. The molecule has 8 heteroatoms. The Morgan fingerprint density at radius 3 is 2.63 bits per heavy atom. The Labute approximate surface area is 207 Å². The Morgan fingerprint density at radius 1 is 1.00 bits per heavy atom. The van der Waals surface area contributed by atoms with Crippen molar-refractivity contribution in [1.82, 2.24) is 10.1 Å². The quantitative estimate of drug-likeness (QED) is 0.336. The van der Waals surface area contributed by atoms with Crippen molar-refractivity contribution in [2.24, 2.45) is 0 Å². The Hall–Kier alpha value is -3.97. The van der Waals surface area contributed by atoms with Gasteiger partial charge in [-0.1, -0.05) is 66.2 Å². The van der Waals surface area contributed by atoms with E-state index in [0.717, 1.165) is 16.7 Å². The molecule has 1 atom stereocenters. The van der Waals surface area contributed by atoms with E-state index < -0.39 is 12.1 Å². The number of fused-ring (bicyclic) bond motifs is 1. The highest BCUT2D eigenvalue weighted by molar-refractivity contribution is 6.30. The highest BCUT2D eigenvalue weighted by atomic mass is 35.5. The van der Waals surface area contributed by atoms with E-state index >= 15 is 0 Å². The molecule has 1 amide bonds. The lowest BCUT2D eigenvalue weighted by Gasteiger charge is -2.36. The number of benzene rings is 3. The molecule has 178 valence electrons. The molecule has 0 aliphatic carbocycles. The third-order valence-corrected chi connectivity index (χ3v) is 6.17. The summed E-state index contributed by atoms with van der Waals surface area (Å²) in [6.07, 6.45) is -0.342. The standard InChI is InChI=1S/C27H23ClN2O5/c28-20-10-11-24(33-17-21-15-25(29-35-21)34-16-18-6-2-1-3-7-18)23(14-20)26-22-9-5-4-8-19(22)12-13-30(26)27(31)32/h1-11,14-15,26H,12-13,16-17H2,(H,31,32). The Morgan fingerprint density at radius 2 is 1.80 bits per heavy atom. The second-order valence-corrected chi connectivity index (χ2v) is 8.64. The van der Waals surface area contributed by atoms with Gasteiger partial charge in [0.2, 0.25) is 0 Å². The fourth-order valence-electron chi connectivity index (χ4n) is 4.28. The molecule has 1 aliphatic rings. The molecule has 35 heavy (non-hydrogen) atoms. The first-order valence-electron chi connectivity index (χ1n) is 11.2. The molecule has 7 nitrogen and oxygen atoms in total. The number of amides is 1. The SMILES string of the molecule is O=C(O)N1CCc2ccccc2C1c1cc(Cl)ccc1OCc1cc(OCc2ccccc2)no1. The van der Waals surface area contributed by atoms with Gasteiger partial charge in [-0.25, -0.2) is 4.79 Å². The molecule has 0 radical (unpaired) electrons. The van der Waals surface area contributed by atoms with Crippen LogP contribution >= 0.6 is 11.6 Å². The van der Waals surface area contributed by atoms with Gasteiger partial charge in [0.1, 0.15) is 19.0 Å². The molecule has 1 N–H and O–H groups in total. The summed E-state index contributed by atoms with van der Waals surface area (Å²) in [4.78, 5) is 13.5. The van der Waals surface area contributed by atoms with Crippen LogP contribution in [0.2, 0.25) is 5.02 Å². The minimum absolute atomic E-state index is 0.0950. The zero-order valence-corrected chi connectivity index (χ0v) is 19.5.